The number of ether oxygens (including phenoxy) is 1. The third-order valence-corrected chi connectivity index (χ3v) is 4.44. The zero-order valence-corrected chi connectivity index (χ0v) is 14.6. The maximum absolute atomic E-state index is 12.6. The Balaban J connectivity index is 1.46. The standard InChI is InChI=1S/C21H19N3O2/c1-15-19(23-24(22-15)18-8-3-2-4-9-18)11-12-20(25)17-13-16-7-5-6-10-21(16)26-14-17/h2-10,13H,11-12,14H2,1H3. The molecule has 5 nitrogen and oxygen atoms in total. The summed E-state index contributed by atoms with van der Waals surface area (Å²) < 4.78 is 5.67. The van der Waals surface area contributed by atoms with Crippen LogP contribution < -0.4 is 4.74 Å². The van der Waals surface area contributed by atoms with Gasteiger partial charge in [-0.3, -0.25) is 4.79 Å². The van der Waals surface area contributed by atoms with Crippen molar-refractivity contribution >= 4 is 11.9 Å². The van der Waals surface area contributed by atoms with Crippen molar-refractivity contribution in [2.75, 3.05) is 6.61 Å². The predicted molar refractivity (Wildman–Crippen MR) is 99.3 cm³/mol. The molecule has 1 aliphatic rings. The maximum atomic E-state index is 12.6. The first-order chi connectivity index (χ1) is 12.7. The van der Waals surface area contributed by atoms with Gasteiger partial charge in [0.1, 0.15) is 12.4 Å². The molecule has 0 atom stereocenters. The van der Waals surface area contributed by atoms with Crippen LogP contribution in [0.5, 0.6) is 5.75 Å². The summed E-state index contributed by atoms with van der Waals surface area (Å²) in [6.07, 6.45) is 2.89. The Bertz CT molecular complexity index is 974. The smallest absolute Gasteiger partial charge is 0.162 e. The molecule has 5 heteroatoms. The van der Waals surface area contributed by atoms with Crippen molar-refractivity contribution in [3.05, 3.63) is 77.1 Å². The van der Waals surface area contributed by atoms with Crippen molar-refractivity contribution in [1.82, 2.24) is 15.0 Å². The van der Waals surface area contributed by atoms with Crippen LogP contribution >= 0.6 is 0 Å². The molecule has 1 aliphatic heterocycles. The van der Waals surface area contributed by atoms with Crippen LogP contribution in [0.15, 0.2) is 60.2 Å². The van der Waals surface area contributed by atoms with Crippen molar-refractivity contribution in [3.63, 3.8) is 0 Å². The van der Waals surface area contributed by atoms with Crippen LogP contribution in [0.25, 0.3) is 11.8 Å². The summed E-state index contributed by atoms with van der Waals surface area (Å²) in [7, 11) is 0. The highest BCUT2D eigenvalue weighted by molar-refractivity contribution is 6.00. The van der Waals surface area contributed by atoms with Gasteiger partial charge in [-0.25, -0.2) is 0 Å². The van der Waals surface area contributed by atoms with E-state index < -0.39 is 0 Å². The number of carbonyl (C=O) groups excluding carboxylic acids is 1. The molecule has 0 radical (unpaired) electrons. The number of nitrogens with zero attached hydrogens (tertiary/aromatic N) is 3. The molecular weight excluding hydrogens is 326 g/mol. The van der Waals surface area contributed by atoms with Crippen molar-refractivity contribution in [2.24, 2.45) is 0 Å². The molecule has 4 rings (SSSR count). The molecule has 0 fully saturated rings. The minimum Gasteiger partial charge on any atom is -0.488 e. The van der Waals surface area contributed by atoms with Gasteiger partial charge >= 0.3 is 0 Å². The van der Waals surface area contributed by atoms with Gasteiger partial charge in [-0.1, -0.05) is 36.4 Å². The summed E-state index contributed by atoms with van der Waals surface area (Å²) >= 11 is 0. The third kappa shape index (κ3) is 3.28. The molecule has 3 aromatic rings. The van der Waals surface area contributed by atoms with Gasteiger partial charge in [-0.2, -0.15) is 15.0 Å². The van der Waals surface area contributed by atoms with E-state index in [1.807, 2.05) is 67.6 Å². The lowest BCUT2D eigenvalue weighted by atomic mass is 10.0. The second kappa shape index (κ2) is 6.96. The highest BCUT2D eigenvalue weighted by Crippen LogP contribution is 2.26. The van der Waals surface area contributed by atoms with Crippen LogP contribution in [0.2, 0.25) is 0 Å². The number of fused-ring (bicyclic) bond motifs is 1. The van der Waals surface area contributed by atoms with E-state index >= 15 is 0 Å². The monoisotopic (exact) mass is 345 g/mol. The summed E-state index contributed by atoms with van der Waals surface area (Å²) in [4.78, 5) is 14.2. The molecular formula is C21H19N3O2. The minimum absolute atomic E-state index is 0.0909. The highest BCUT2D eigenvalue weighted by atomic mass is 16.5. The summed E-state index contributed by atoms with van der Waals surface area (Å²) in [5, 5.41) is 8.99. The SMILES string of the molecule is Cc1nn(-c2ccccc2)nc1CCC(=O)C1=Cc2ccccc2OC1. The normalized spacial score (nSPS) is 12.9. The van der Waals surface area contributed by atoms with E-state index in [0.29, 0.717) is 25.0 Å². The lowest BCUT2D eigenvalue weighted by Crippen LogP contribution is -2.15. The number of carbonyl (C=O) groups is 1. The summed E-state index contributed by atoms with van der Waals surface area (Å²) in [6, 6.07) is 17.5. The van der Waals surface area contributed by atoms with Crippen LogP contribution in [0.3, 0.4) is 0 Å². The van der Waals surface area contributed by atoms with Gasteiger partial charge in [0.2, 0.25) is 0 Å². The van der Waals surface area contributed by atoms with E-state index in [4.69, 9.17) is 4.74 Å². The number of Topliss-reactive ketones (excluding diaryl/α,β-unsaturated/α-hetero) is 1. The van der Waals surface area contributed by atoms with Crippen molar-refractivity contribution in [3.8, 4) is 11.4 Å². The number of hydrogen-bond donors (Lipinski definition) is 0. The number of aromatic nitrogens is 3. The van der Waals surface area contributed by atoms with E-state index in [9.17, 15) is 4.79 Å². The first-order valence-corrected chi connectivity index (χ1v) is 8.64. The Morgan fingerprint density at radius 3 is 2.69 bits per heavy atom. The van der Waals surface area contributed by atoms with Gasteiger partial charge in [-0.15, -0.1) is 0 Å². The molecule has 0 unspecified atom stereocenters. The van der Waals surface area contributed by atoms with Gasteiger partial charge in [-0.05, 0) is 31.2 Å². The molecule has 1 aromatic heterocycles. The molecule has 0 aliphatic carbocycles. The van der Waals surface area contributed by atoms with E-state index in [2.05, 4.69) is 10.2 Å². The number of benzene rings is 2. The number of para-hydroxylation sites is 2. The maximum Gasteiger partial charge on any atom is 0.162 e. The Morgan fingerprint density at radius 1 is 1.08 bits per heavy atom. The van der Waals surface area contributed by atoms with E-state index in [1.165, 1.54) is 0 Å². The summed E-state index contributed by atoms with van der Waals surface area (Å²) in [5.41, 5.74) is 4.26. The summed E-state index contributed by atoms with van der Waals surface area (Å²) in [5.74, 6) is 0.916. The quantitative estimate of drug-likeness (QED) is 0.709. The predicted octanol–water partition coefficient (Wildman–Crippen LogP) is 3.55. The van der Waals surface area contributed by atoms with Gasteiger partial charge in [0.05, 0.1) is 17.1 Å². The molecule has 2 heterocycles. The van der Waals surface area contributed by atoms with Crippen molar-refractivity contribution in [2.45, 2.75) is 19.8 Å². The average Bonchev–Trinajstić information content (AvgIpc) is 3.07. The Hall–Kier alpha value is -3.21. The topological polar surface area (TPSA) is 57.0 Å². The van der Waals surface area contributed by atoms with Crippen LogP contribution in [0.4, 0.5) is 0 Å². The second-order valence-electron chi connectivity index (χ2n) is 6.28. The fourth-order valence-electron chi connectivity index (χ4n) is 2.99. The Morgan fingerprint density at radius 2 is 1.85 bits per heavy atom. The molecule has 0 spiro atoms. The molecule has 0 amide bonds. The molecule has 0 saturated heterocycles. The lowest BCUT2D eigenvalue weighted by molar-refractivity contribution is -0.115. The summed E-state index contributed by atoms with van der Waals surface area (Å²) in [6.45, 7) is 2.25. The minimum atomic E-state index is 0.0909. The third-order valence-electron chi connectivity index (χ3n) is 4.44. The van der Waals surface area contributed by atoms with Crippen LogP contribution in [0.1, 0.15) is 23.4 Å². The molecule has 0 bridgehead atoms. The number of aryl methyl sites for hydroxylation is 2. The first kappa shape index (κ1) is 16.3. The fourth-order valence-corrected chi connectivity index (χ4v) is 2.99. The van der Waals surface area contributed by atoms with E-state index in [-0.39, 0.29) is 5.78 Å². The lowest BCUT2D eigenvalue weighted by Gasteiger charge is -2.16. The van der Waals surface area contributed by atoms with Gasteiger partial charge < -0.3 is 4.74 Å². The van der Waals surface area contributed by atoms with Crippen molar-refractivity contribution < 1.29 is 9.53 Å². The van der Waals surface area contributed by atoms with Crippen LogP contribution in [-0.2, 0) is 11.2 Å². The highest BCUT2D eigenvalue weighted by Gasteiger charge is 2.18. The van der Waals surface area contributed by atoms with Crippen LogP contribution in [0, 0.1) is 6.92 Å². The van der Waals surface area contributed by atoms with Crippen molar-refractivity contribution in [1.29, 1.82) is 0 Å². The van der Waals surface area contributed by atoms with E-state index in [0.717, 1.165) is 28.4 Å². The molecule has 2 aromatic carbocycles. The molecule has 0 N–H and O–H groups in total. The largest absolute Gasteiger partial charge is 0.488 e. The van der Waals surface area contributed by atoms with Gasteiger partial charge in [0, 0.05) is 24.0 Å². The number of hydrogen-bond acceptors (Lipinski definition) is 4. The zero-order valence-electron chi connectivity index (χ0n) is 14.6. The Labute approximate surface area is 151 Å². The molecule has 26 heavy (non-hydrogen) atoms. The van der Waals surface area contributed by atoms with Gasteiger partial charge in [0.25, 0.3) is 0 Å². The average molecular weight is 345 g/mol. The Kier molecular flexibility index (Phi) is 4.35. The molecule has 130 valence electrons. The zero-order chi connectivity index (χ0) is 17.9. The van der Waals surface area contributed by atoms with Gasteiger partial charge in [0.15, 0.2) is 5.78 Å². The second-order valence-corrected chi connectivity index (χ2v) is 6.28. The number of rotatable bonds is 5. The molecule has 0 saturated carbocycles. The van der Waals surface area contributed by atoms with Crippen LogP contribution in [-0.4, -0.2) is 27.4 Å². The fraction of sp³-hybridized carbons (Fsp3) is 0.190. The van der Waals surface area contributed by atoms with E-state index in [1.54, 1.807) is 4.80 Å². The first-order valence-electron chi connectivity index (χ1n) is 8.64. The number of ketones is 1.